The van der Waals surface area contributed by atoms with E-state index in [0.717, 1.165) is 37.9 Å². The summed E-state index contributed by atoms with van der Waals surface area (Å²) < 4.78 is 0. The van der Waals surface area contributed by atoms with Gasteiger partial charge in [0.25, 0.3) is 0 Å². The zero-order chi connectivity index (χ0) is 20.1. The van der Waals surface area contributed by atoms with E-state index in [2.05, 4.69) is 58.6 Å². The number of hydrogen-bond donors (Lipinski definition) is 1. The fourth-order valence-corrected chi connectivity index (χ4v) is 4.48. The van der Waals surface area contributed by atoms with Gasteiger partial charge in [0.1, 0.15) is 6.61 Å². The molecule has 2 unspecified atom stereocenters. The van der Waals surface area contributed by atoms with Crippen LogP contribution in [0.25, 0.3) is 0 Å². The number of carboxylic acids is 1. The standard InChI is InChI=1S/C24H28N2O3/c27-24(28)20-10-6-14-26(17-20)15-16-29-25-23-21-11-5-4-9-19(21)12-13-22(23)18-7-2-1-3-8-18/h1-5,7-9,11,20,22H,6,10,12-17H2,(H,27,28). The highest BCUT2D eigenvalue weighted by Crippen LogP contribution is 2.33. The molecule has 152 valence electrons. The van der Waals surface area contributed by atoms with Gasteiger partial charge in [-0.25, -0.2) is 0 Å². The third-order valence-corrected chi connectivity index (χ3v) is 6.04. The van der Waals surface area contributed by atoms with Crippen LogP contribution >= 0.6 is 0 Å². The van der Waals surface area contributed by atoms with Gasteiger partial charge in [0.2, 0.25) is 0 Å². The summed E-state index contributed by atoms with van der Waals surface area (Å²) in [5.41, 5.74) is 4.77. The third kappa shape index (κ3) is 4.67. The van der Waals surface area contributed by atoms with Gasteiger partial charge >= 0.3 is 5.97 Å². The van der Waals surface area contributed by atoms with Crippen LogP contribution in [0, 0.1) is 5.92 Å². The number of fused-ring (bicyclic) bond motifs is 1. The van der Waals surface area contributed by atoms with E-state index in [-0.39, 0.29) is 11.8 Å². The number of likely N-dealkylation sites (tertiary alicyclic amines) is 1. The van der Waals surface area contributed by atoms with Crippen LogP contribution in [0.3, 0.4) is 0 Å². The molecule has 1 heterocycles. The predicted octanol–water partition coefficient (Wildman–Crippen LogP) is 3.93. The Bertz CT molecular complexity index is 865. The Balaban J connectivity index is 1.45. The van der Waals surface area contributed by atoms with Gasteiger partial charge in [0, 0.05) is 24.6 Å². The number of carboxylic acid groups (broad SMARTS) is 1. The molecule has 0 spiro atoms. The average Bonchev–Trinajstić information content (AvgIpc) is 2.77. The van der Waals surface area contributed by atoms with Crippen LogP contribution in [-0.4, -0.2) is 47.9 Å². The zero-order valence-electron chi connectivity index (χ0n) is 16.7. The maximum atomic E-state index is 11.2. The molecule has 0 amide bonds. The summed E-state index contributed by atoms with van der Waals surface area (Å²) in [6.07, 6.45) is 3.76. The number of aryl methyl sites for hydroxylation is 1. The number of benzene rings is 2. The van der Waals surface area contributed by atoms with Crippen molar-refractivity contribution in [1.29, 1.82) is 0 Å². The monoisotopic (exact) mass is 392 g/mol. The molecule has 0 bridgehead atoms. The second kappa shape index (κ2) is 9.23. The number of oxime groups is 1. The highest BCUT2D eigenvalue weighted by atomic mass is 16.6. The fraction of sp³-hybridized carbons (Fsp3) is 0.417. The van der Waals surface area contributed by atoms with Crippen molar-refractivity contribution in [2.24, 2.45) is 11.1 Å². The topological polar surface area (TPSA) is 62.1 Å². The van der Waals surface area contributed by atoms with Crippen molar-refractivity contribution < 1.29 is 14.7 Å². The van der Waals surface area contributed by atoms with Gasteiger partial charge in [0.05, 0.1) is 11.6 Å². The van der Waals surface area contributed by atoms with Crippen molar-refractivity contribution in [1.82, 2.24) is 4.90 Å². The van der Waals surface area contributed by atoms with Crippen molar-refractivity contribution in [3.8, 4) is 0 Å². The number of piperidine rings is 1. The Hall–Kier alpha value is -2.66. The maximum absolute atomic E-state index is 11.2. The molecule has 0 saturated carbocycles. The first-order chi connectivity index (χ1) is 14.2. The lowest BCUT2D eigenvalue weighted by molar-refractivity contribution is -0.143. The molecule has 4 rings (SSSR count). The quantitative estimate of drug-likeness (QED) is 0.598. The SMILES string of the molecule is O=C(O)C1CCCN(CCON=C2c3ccccc3CCC2c2ccccc2)C1. The van der Waals surface area contributed by atoms with Crippen LogP contribution in [-0.2, 0) is 16.1 Å². The van der Waals surface area contributed by atoms with Gasteiger partial charge in [-0.2, -0.15) is 0 Å². The van der Waals surface area contributed by atoms with Crippen LogP contribution in [0.5, 0.6) is 0 Å². The molecule has 29 heavy (non-hydrogen) atoms. The van der Waals surface area contributed by atoms with E-state index in [0.29, 0.717) is 19.7 Å². The first-order valence-electron chi connectivity index (χ1n) is 10.5. The number of hydrogen-bond acceptors (Lipinski definition) is 4. The molecule has 1 saturated heterocycles. The van der Waals surface area contributed by atoms with E-state index < -0.39 is 5.97 Å². The highest BCUT2D eigenvalue weighted by Gasteiger charge is 2.28. The van der Waals surface area contributed by atoms with E-state index in [1.807, 2.05) is 6.07 Å². The van der Waals surface area contributed by atoms with Crippen LogP contribution in [0.4, 0.5) is 0 Å². The van der Waals surface area contributed by atoms with Gasteiger partial charge in [-0.1, -0.05) is 59.8 Å². The molecule has 1 aliphatic carbocycles. The number of rotatable bonds is 6. The Labute approximate surface area is 172 Å². The molecule has 0 radical (unpaired) electrons. The van der Waals surface area contributed by atoms with E-state index in [9.17, 15) is 9.90 Å². The molecule has 2 aromatic carbocycles. The lowest BCUT2D eigenvalue weighted by Crippen LogP contribution is -2.40. The van der Waals surface area contributed by atoms with Crippen molar-refractivity contribution in [3.05, 3.63) is 71.3 Å². The van der Waals surface area contributed by atoms with Gasteiger partial charge in [-0.3, -0.25) is 9.69 Å². The smallest absolute Gasteiger partial charge is 0.307 e. The molecular weight excluding hydrogens is 364 g/mol. The minimum Gasteiger partial charge on any atom is -0.481 e. The third-order valence-electron chi connectivity index (χ3n) is 6.04. The van der Waals surface area contributed by atoms with Gasteiger partial charge in [0.15, 0.2) is 0 Å². The second-order valence-electron chi connectivity index (χ2n) is 7.95. The summed E-state index contributed by atoms with van der Waals surface area (Å²) in [5.74, 6) is -0.722. The molecule has 1 fully saturated rings. The van der Waals surface area contributed by atoms with Crippen LogP contribution in [0.15, 0.2) is 59.8 Å². The van der Waals surface area contributed by atoms with Crippen LogP contribution < -0.4 is 0 Å². The Morgan fingerprint density at radius 1 is 1.10 bits per heavy atom. The average molecular weight is 392 g/mol. The zero-order valence-corrected chi connectivity index (χ0v) is 16.7. The molecule has 0 aromatic heterocycles. The summed E-state index contributed by atoms with van der Waals surface area (Å²) in [7, 11) is 0. The van der Waals surface area contributed by atoms with E-state index in [4.69, 9.17) is 4.84 Å². The molecule has 2 atom stereocenters. The Morgan fingerprint density at radius 2 is 1.90 bits per heavy atom. The molecule has 5 heteroatoms. The van der Waals surface area contributed by atoms with Crippen LogP contribution in [0.1, 0.15) is 41.9 Å². The van der Waals surface area contributed by atoms with E-state index in [1.54, 1.807) is 0 Å². The maximum Gasteiger partial charge on any atom is 0.307 e. The summed E-state index contributed by atoms with van der Waals surface area (Å²) in [4.78, 5) is 19.2. The molecule has 2 aromatic rings. The number of aliphatic carboxylic acids is 1. The van der Waals surface area contributed by atoms with Gasteiger partial charge in [-0.05, 0) is 43.4 Å². The van der Waals surface area contributed by atoms with Crippen molar-refractivity contribution in [2.75, 3.05) is 26.2 Å². The molecule has 2 aliphatic rings. The summed E-state index contributed by atoms with van der Waals surface area (Å²) >= 11 is 0. The fourth-order valence-electron chi connectivity index (χ4n) is 4.48. The van der Waals surface area contributed by atoms with Crippen molar-refractivity contribution in [2.45, 2.75) is 31.6 Å². The second-order valence-corrected chi connectivity index (χ2v) is 7.95. The van der Waals surface area contributed by atoms with Crippen molar-refractivity contribution in [3.63, 3.8) is 0 Å². The largest absolute Gasteiger partial charge is 0.481 e. The number of nitrogens with zero attached hydrogens (tertiary/aromatic N) is 2. The molecule has 1 N–H and O–H groups in total. The lowest BCUT2D eigenvalue weighted by Gasteiger charge is -2.30. The summed E-state index contributed by atoms with van der Waals surface area (Å²) in [6.45, 7) is 2.71. The minimum atomic E-state index is -0.694. The minimum absolute atomic E-state index is 0.234. The molecule has 1 aliphatic heterocycles. The van der Waals surface area contributed by atoms with Crippen LogP contribution in [0.2, 0.25) is 0 Å². The first kappa shape index (κ1) is 19.6. The lowest BCUT2D eigenvalue weighted by atomic mass is 9.78. The highest BCUT2D eigenvalue weighted by molar-refractivity contribution is 6.06. The van der Waals surface area contributed by atoms with E-state index in [1.165, 1.54) is 16.7 Å². The Morgan fingerprint density at radius 3 is 2.72 bits per heavy atom. The van der Waals surface area contributed by atoms with Gasteiger partial charge in [-0.15, -0.1) is 0 Å². The summed E-state index contributed by atoms with van der Waals surface area (Å²) in [6, 6.07) is 18.9. The predicted molar refractivity (Wildman–Crippen MR) is 113 cm³/mol. The molecule has 5 nitrogen and oxygen atoms in total. The van der Waals surface area contributed by atoms with E-state index >= 15 is 0 Å². The normalized spacial score (nSPS) is 23.5. The van der Waals surface area contributed by atoms with Gasteiger partial charge < -0.3 is 9.94 Å². The van der Waals surface area contributed by atoms with Crippen molar-refractivity contribution >= 4 is 11.7 Å². The Kier molecular flexibility index (Phi) is 6.25. The number of carbonyl (C=O) groups is 1. The first-order valence-corrected chi connectivity index (χ1v) is 10.5. The molecular formula is C24H28N2O3. The summed E-state index contributed by atoms with van der Waals surface area (Å²) in [5, 5.41) is 13.8.